The summed E-state index contributed by atoms with van der Waals surface area (Å²) < 4.78 is 11.0. The van der Waals surface area contributed by atoms with Crippen LogP contribution in [0.3, 0.4) is 0 Å². The van der Waals surface area contributed by atoms with Gasteiger partial charge in [-0.3, -0.25) is 9.59 Å². The molecule has 2 atom stereocenters. The highest BCUT2D eigenvalue weighted by Gasteiger charge is 2.36. The molecule has 8 heteroatoms. The molecule has 2 aliphatic carbocycles. The maximum Gasteiger partial charge on any atom is 0.306 e. The van der Waals surface area contributed by atoms with Crippen LogP contribution in [-0.4, -0.2) is 44.6 Å². The van der Waals surface area contributed by atoms with Crippen molar-refractivity contribution in [1.82, 2.24) is 11.1 Å². The number of amides is 1. The van der Waals surface area contributed by atoms with Gasteiger partial charge in [-0.25, -0.2) is 0 Å². The van der Waals surface area contributed by atoms with E-state index in [1.54, 1.807) is 7.11 Å². The van der Waals surface area contributed by atoms with Crippen LogP contribution in [0.2, 0.25) is 0 Å². The number of nitrogens with zero attached hydrogens (tertiary/aromatic N) is 1. The van der Waals surface area contributed by atoms with Gasteiger partial charge in [0.1, 0.15) is 5.75 Å². The van der Waals surface area contributed by atoms with E-state index in [0.717, 1.165) is 55.3 Å². The number of rotatable bonds is 9. The number of aryl methyl sites for hydroxylation is 1. The average molecular weight is 539 g/mol. The largest absolute Gasteiger partial charge is 0.494 e. The minimum atomic E-state index is -0.249. The number of methoxy groups -OCH3 is 1. The molecule has 0 aliphatic heterocycles. The predicted molar refractivity (Wildman–Crippen MR) is 157 cm³/mol. The first kappa shape index (κ1) is 30.3. The highest BCUT2D eigenvalue weighted by atomic mass is 16.5. The van der Waals surface area contributed by atoms with Gasteiger partial charge in [-0.05, 0) is 79.5 Å². The van der Waals surface area contributed by atoms with Gasteiger partial charge in [-0.2, -0.15) is 0 Å². The fourth-order valence-electron chi connectivity index (χ4n) is 6.55. The number of ether oxygens (including phenoxy) is 2. The van der Waals surface area contributed by atoms with E-state index >= 15 is 0 Å². The number of carbonyl (C=O) groups excluding carboxylic acids is 2. The number of hydrogen-bond acceptors (Lipinski definition) is 7. The highest BCUT2D eigenvalue weighted by molar-refractivity contribution is 5.80. The second kappa shape index (κ2) is 13.2. The van der Waals surface area contributed by atoms with Crippen LogP contribution in [0.5, 0.6) is 5.75 Å². The fraction of sp³-hybridized carbons (Fsp3) is 0.548. The van der Waals surface area contributed by atoms with Crippen LogP contribution in [0, 0.1) is 12.8 Å². The highest BCUT2D eigenvalue weighted by Crippen LogP contribution is 2.45. The van der Waals surface area contributed by atoms with E-state index in [1.807, 2.05) is 38.1 Å². The Morgan fingerprint density at radius 2 is 1.87 bits per heavy atom. The zero-order valence-corrected chi connectivity index (χ0v) is 24.3. The molecule has 2 aliphatic rings. The molecule has 6 N–H and O–H groups in total. The van der Waals surface area contributed by atoms with Crippen LogP contribution in [0.25, 0.3) is 0 Å². The molecular weight excluding hydrogens is 492 g/mol. The number of nitrogen functional groups attached to an aromatic ring is 1. The number of esters is 1. The van der Waals surface area contributed by atoms with Crippen molar-refractivity contribution in [2.75, 3.05) is 38.9 Å². The molecule has 4 rings (SSSR count). The molecule has 2 aromatic carbocycles. The minimum Gasteiger partial charge on any atom is -0.494 e. The zero-order chi connectivity index (χ0) is 27.4. The summed E-state index contributed by atoms with van der Waals surface area (Å²) in [6.07, 6.45) is 7.45. The second-order valence-corrected chi connectivity index (χ2v) is 10.7. The van der Waals surface area contributed by atoms with Crippen molar-refractivity contribution in [1.29, 1.82) is 0 Å². The summed E-state index contributed by atoms with van der Waals surface area (Å²) in [5.74, 6) is 0.551. The number of nitrogens with one attached hydrogen (secondary N) is 1. The van der Waals surface area contributed by atoms with E-state index in [-0.39, 0.29) is 42.3 Å². The van der Waals surface area contributed by atoms with E-state index in [9.17, 15) is 9.59 Å². The maximum atomic E-state index is 13.5. The summed E-state index contributed by atoms with van der Waals surface area (Å²) in [6.45, 7) is 4.28. The molecule has 1 fully saturated rings. The molecule has 0 saturated heterocycles. The molecule has 0 heterocycles. The van der Waals surface area contributed by atoms with Crippen molar-refractivity contribution in [2.24, 2.45) is 5.92 Å². The lowest BCUT2D eigenvalue weighted by atomic mass is 9.82. The van der Waals surface area contributed by atoms with Crippen LogP contribution in [-0.2, 0) is 20.7 Å². The topological polar surface area (TPSA) is 129 Å². The molecule has 214 valence electrons. The van der Waals surface area contributed by atoms with Crippen molar-refractivity contribution in [3.63, 3.8) is 0 Å². The Bertz CT molecular complexity index is 1180. The third-order valence-electron chi connectivity index (χ3n) is 8.46. The monoisotopic (exact) mass is 538 g/mol. The van der Waals surface area contributed by atoms with Gasteiger partial charge in [0.15, 0.2) is 0 Å². The van der Waals surface area contributed by atoms with Gasteiger partial charge < -0.3 is 31.6 Å². The number of fused-ring (bicyclic) bond motifs is 1. The van der Waals surface area contributed by atoms with E-state index in [0.29, 0.717) is 18.0 Å². The van der Waals surface area contributed by atoms with Gasteiger partial charge in [0.05, 0.1) is 37.6 Å². The summed E-state index contributed by atoms with van der Waals surface area (Å²) in [7, 11) is 5.40. The summed E-state index contributed by atoms with van der Waals surface area (Å²) in [6, 6.07) is 8.21. The number of carbonyl (C=O) groups is 2. The second-order valence-electron chi connectivity index (χ2n) is 10.7. The lowest BCUT2D eigenvalue weighted by molar-refractivity contribution is -0.143. The third kappa shape index (κ3) is 6.16. The standard InChI is InChI=1S/C31H43N3O4.H3N/c1-6-38-28(35)18-24(21-16-25(32)30(33-3)27(17-21)37-5)22-13-12-19(2)29-23(22)14-15-26(29)34(4)31(36)20-10-8-7-9-11-20;/h12-13,16-17,20,24,26,33H,6-11,14-15,18,32H2,1-5H3;1H3. The molecule has 0 spiro atoms. The predicted octanol–water partition coefficient (Wildman–Crippen LogP) is 5.90. The van der Waals surface area contributed by atoms with Crippen molar-refractivity contribution >= 4 is 23.3 Å². The van der Waals surface area contributed by atoms with Crippen LogP contribution in [0.4, 0.5) is 11.4 Å². The van der Waals surface area contributed by atoms with Crippen molar-refractivity contribution in [2.45, 2.75) is 77.2 Å². The Balaban J connectivity index is 0.00000420. The fourth-order valence-corrected chi connectivity index (χ4v) is 6.55. The first-order valence-electron chi connectivity index (χ1n) is 14.0. The minimum absolute atomic E-state index is 0. The Morgan fingerprint density at radius 3 is 2.51 bits per heavy atom. The molecule has 8 nitrogen and oxygen atoms in total. The molecule has 1 saturated carbocycles. The SMILES string of the molecule is CCOC(=O)CC(c1cc(N)c(NC)c(OC)c1)c1ccc(C)c2c1CCC2N(C)C(=O)C1CCCCC1.N. The molecule has 39 heavy (non-hydrogen) atoms. The van der Waals surface area contributed by atoms with Crippen LogP contribution in [0.15, 0.2) is 24.3 Å². The molecule has 1 amide bonds. The van der Waals surface area contributed by atoms with Crippen LogP contribution in [0.1, 0.15) is 91.6 Å². The number of nitrogens with two attached hydrogens (primary N) is 1. The van der Waals surface area contributed by atoms with Crippen molar-refractivity contribution in [3.05, 3.63) is 52.1 Å². The summed E-state index contributed by atoms with van der Waals surface area (Å²) in [4.78, 5) is 28.3. The molecule has 2 aromatic rings. The Morgan fingerprint density at radius 1 is 1.15 bits per heavy atom. The summed E-state index contributed by atoms with van der Waals surface area (Å²) in [5, 5.41) is 3.11. The zero-order valence-electron chi connectivity index (χ0n) is 24.3. The van der Waals surface area contributed by atoms with Gasteiger partial charge in [0.2, 0.25) is 5.91 Å². The van der Waals surface area contributed by atoms with Crippen molar-refractivity contribution < 1.29 is 19.1 Å². The Hall–Kier alpha value is -3.26. The number of benzene rings is 2. The number of anilines is 2. The molecule has 2 unspecified atom stereocenters. The first-order valence-corrected chi connectivity index (χ1v) is 14.0. The van der Waals surface area contributed by atoms with Crippen LogP contribution < -0.4 is 21.9 Å². The van der Waals surface area contributed by atoms with Crippen LogP contribution >= 0.6 is 0 Å². The molecule has 0 bridgehead atoms. The Labute approximate surface area is 233 Å². The average Bonchev–Trinajstić information content (AvgIpc) is 3.38. The smallest absolute Gasteiger partial charge is 0.306 e. The van der Waals surface area contributed by atoms with Gasteiger partial charge in [-0.1, -0.05) is 31.4 Å². The van der Waals surface area contributed by atoms with Gasteiger partial charge in [0.25, 0.3) is 0 Å². The van der Waals surface area contributed by atoms with Gasteiger partial charge in [0, 0.05) is 25.9 Å². The molecular formula is C31H46N4O4. The van der Waals surface area contributed by atoms with E-state index in [4.69, 9.17) is 15.2 Å². The van der Waals surface area contributed by atoms with E-state index in [2.05, 4.69) is 24.4 Å². The number of hydrogen-bond donors (Lipinski definition) is 3. The third-order valence-corrected chi connectivity index (χ3v) is 8.46. The van der Waals surface area contributed by atoms with Crippen molar-refractivity contribution in [3.8, 4) is 5.75 Å². The summed E-state index contributed by atoms with van der Waals surface area (Å²) >= 11 is 0. The lowest BCUT2D eigenvalue weighted by Gasteiger charge is -2.32. The maximum absolute atomic E-state index is 13.5. The van der Waals surface area contributed by atoms with E-state index < -0.39 is 0 Å². The Kier molecular flexibility index (Phi) is 10.2. The van der Waals surface area contributed by atoms with Gasteiger partial charge in [-0.15, -0.1) is 0 Å². The lowest BCUT2D eigenvalue weighted by Crippen LogP contribution is -2.36. The quantitative estimate of drug-likeness (QED) is 0.268. The first-order chi connectivity index (χ1) is 18.3. The summed E-state index contributed by atoms with van der Waals surface area (Å²) in [5.41, 5.74) is 13.4. The van der Waals surface area contributed by atoms with Gasteiger partial charge >= 0.3 is 5.97 Å². The molecule has 0 aromatic heterocycles. The molecule has 0 radical (unpaired) electrons. The van der Waals surface area contributed by atoms with E-state index in [1.165, 1.54) is 23.1 Å². The normalized spacial score (nSPS) is 17.5.